The molecule has 23 heavy (non-hydrogen) atoms. The fourth-order valence-electron chi connectivity index (χ4n) is 2.06. The zero-order valence-electron chi connectivity index (χ0n) is 12.1. The maximum absolute atomic E-state index is 12.0. The molecule has 0 saturated carbocycles. The number of imidazole rings is 1. The van der Waals surface area contributed by atoms with E-state index in [0.29, 0.717) is 5.69 Å². The molecule has 0 bridgehead atoms. The smallest absolute Gasteiger partial charge is 0.271 e. The Labute approximate surface area is 135 Å². The van der Waals surface area contributed by atoms with Crippen molar-refractivity contribution >= 4 is 39.7 Å². The van der Waals surface area contributed by atoms with Gasteiger partial charge in [0.1, 0.15) is 0 Å². The van der Waals surface area contributed by atoms with Crippen molar-refractivity contribution in [1.82, 2.24) is 9.38 Å². The Morgan fingerprint density at radius 3 is 3.09 bits per heavy atom. The maximum Gasteiger partial charge on any atom is 0.271 e. The van der Waals surface area contributed by atoms with Crippen LogP contribution in [-0.2, 0) is 4.79 Å². The van der Waals surface area contributed by atoms with Crippen LogP contribution in [-0.4, -0.2) is 20.2 Å². The van der Waals surface area contributed by atoms with Crippen molar-refractivity contribution in [3.63, 3.8) is 0 Å². The number of hydrogen-bond acceptors (Lipinski definition) is 5. The number of nitrogens with zero attached hydrogens (tertiary/aromatic N) is 3. The predicted octanol–water partition coefficient (Wildman–Crippen LogP) is 3.26. The van der Waals surface area contributed by atoms with Crippen molar-refractivity contribution in [2.75, 3.05) is 5.32 Å². The summed E-state index contributed by atoms with van der Waals surface area (Å²) in [6.07, 6.45) is 6.57. The molecule has 1 N–H and O–H groups in total. The molecule has 0 spiro atoms. The Bertz CT molecular complexity index is 926. The highest BCUT2D eigenvalue weighted by molar-refractivity contribution is 7.15. The first kappa shape index (κ1) is 14.9. The van der Waals surface area contributed by atoms with Crippen LogP contribution in [0.1, 0.15) is 11.3 Å². The number of benzene rings is 1. The first-order chi connectivity index (χ1) is 11.0. The SMILES string of the molecule is Cc1ccc([N+](=O)[O-])cc1NC(=O)/C=C/c1cnc2sccn12. The highest BCUT2D eigenvalue weighted by Gasteiger charge is 2.10. The molecular formula is C15H12N4O3S. The molecule has 7 nitrogen and oxygen atoms in total. The summed E-state index contributed by atoms with van der Waals surface area (Å²) in [7, 11) is 0. The molecule has 1 aromatic carbocycles. The Morgan fingerprint density at radius 1 is 1.48 bits per heavy atom. The molecule has 1 amide bonds. The predicted molar refractivity (Wildman–Crippen MR) is 88.6 cm³/mol. The molecule has 2 heterocycles. The number of carbonyl (C=O) groups excluding carboxylic acids is 1. The Hall–Kier alpha value is -3.00. The molecule has 0 aliphatic carbocycles. The molecular weight excluding hydrogens is 316 g/mol. The molecule has 2 aromatic heterocycles. The third kappa shape index (κ3) is 3.11. The lowest BCUT2D eigenvalue weighted by Gasteiger charge is -2.05. The summed E-state index contributed by atoms with van der Waals surface area (Å²) in [5.41, 5.74) is 1.89. The molecule has 116 valence electrons. The normalized spacial score (nSPS) is 11.2. The minimum Gasteiger partial charge on any atom is -0.322 e. The topological polar surface area (TPSA) is 89.5 Å². The van der Waals surface area contributed by atoms with Gasteiger partial charge in [0.2, 0.25) is 5.91 Å². The van der Waals surface area contributed by atoms with Crippen LogP contribution in [0.4, 0.5) is 11.4 Å². The number of carbonyl (C=O) groups is 1. The molecule has 0 aliphatic rings. The second kappa shape index (κ2) is 6.01. The molecule has 0 radical (unpaired) electrons. The van der Waals surface area contributed by atoms with E-state index in [9.17, 15) is 14.9 Å². The van der Waals surface area contributed by atoms with Gasteiger partial charge >= 0.3 is 0 Å². The summed E-state index contributed by atoms with van der Waals surface area (Å²) in [5.74, 6) is -0.362. The lowest BCUT2D eigenvalue weighted by atomic mass is 10.2. The number of rotatable bonds is 4. The number of non-ortho nitro benzene ring substituents is 1. The number of hydrogen-bond donors (Lipinski definition) is 1. The second-order valence-electron chi connectivity index (χ2n) is 4.82. The molecule has 3 rings (SSSR count). The number of anilines is 1. The van der Waals surface area contributed by atoms with Crippen molar-refractivity contribution < 1.29 is 9.72 Å². The monoisotopic (exact) mass is 328 g/mol. The number of amides is 1. The van der Waals surface area contributed by atoms with Crippen LogP contribution in [0.25, 0.3) is 11.0 Å². The standard InChI is InChI=1S/C15H12N4O3S/c1-10-2-3-11(19(21)22)8-13(10)17-14(20)5-4-12-9-16-15-18(12)6-7-23-15/h2-9H,1H3,(H,17,20)/b5-4+. The van der Waals surface area contributed by atoms with Crippen LogP contribution in [0.5, 0.6) is 0 Å². The molecule has 8 heteroatoms. The molecule has 0 saturated heterocycles. The fourth-order valence-corrected chi connectivity index (χ4v) is 2.76. The van der Waals surface area contributed by atoms with E-state index in [1.807, 2.05) is 16.0 Å². The second-order valence-corrected chi connectivity index (χ2v) is 5.69. The maximum atomic E-state index is 12.0. The number of aryl methyl sites for hydroxylation is 1. The molecule has 0 fully saturated rings. The summed E-state index contributed by atoms with van der Waals surface area (Å²) in [4.78, 5) is 27.4. The summed E-state index contributed by atoms with van der Waals surface area (Å²) >= 11 is 1.50. The third-order valence-corrected chi connectivity index (χ3v) is 4.04. The number of thiazole rings is 1. The van der Waals surface area contributed by atoms with Gasteiger partial charge in [-0.15, -0.1) is 11.3 Å². The minimum atomic E-state index is -0.496. The number of fused-ring (bicyclic) bond motifs is 1. The summed E-state index contributed by atoms with van der Waals surface area (Å²) in [6, 6.07) is 4.35. The number of nitrogens with one attached hydrogen (secondary N) is 1. The lowest BCUT2D eigenvalue weighted by molar-refractivity contribution is -0.384. The van der Waals surface area contributed by atoms with E-state index in [1.54, 1.807) is 25.3 Å². The molecule has 0 atom stereocenters. The quantitative estimate of drug-likeness (QED) is 0.452. The Morgan fingerprint density at radius 2 is 2.30 bits per heavy atom. The molecule has 0 unspecified atom stereocenters. The van der Waals surface area contributed by atoms with Crippen molar-refractivity contribution in [2.45, 2.75) is 6.92 Å². The van der Waals surface area contributed by atoms with E-state index in [2.05, 4.69) is 10.3 Å². The van der Waals surface area contributed by atoms with Crippen LogP contribution < -0.4 is 5.32 Å². The van der Waals surface area contributed by atoms with Crippen molar-refractivity contribution in [3.05, 3.63) is 63.4 Å². The number of aromatic nitrogens is 2. The van der Waals surface area contributed by atoms with Crippen LogP contribution in [0, 0.1) is 17.0 Å². The Kier molecular flexibility index (Phi) is 3.90. The van der Waals surface area contributed by atoms with E-state index in [-0.39, 0.29) is 11.6 Å². The molecule has 0 aliphatic heterocycles. The van der Waals surface area contributed by atoms with Crippen molar-refractivity contribution in [2.24, 2.45) is 0 Å². The van der Waals surface area contributed by atoms with Gasteiger partial charge in [-0.05, 0) is 18.6 Å². The fraction of sp³-hybridized carbons (Fsp3) is 0.0667. The summed E-state index contributed by atoms with van der Waals surface area (Å²) in [5, 5.41) is 15.4. The number of nitro groups is 1. The highest BCUT2D eigenvalue weighted by atomic mass is 32.1. The zero-order valence-corrected chi connectivity index (χ0v) is 12.9. The van der Waals surface area contributed by atoms with Gasteiger partial charge in [0.15, 0.2) is 4.96 Å². The van der Waals surface area contributed by atoms with Gasteiger partial charge in [-0.25, -0.2) is 4.98 Å². The van der Waals surface area contributed by atoms with E-state index in [0.717, 1.165) is 16.2 Å². The Balaban J connectivity index is 1.77. The van der Waals surface area contributed by atoms with Crippen LogP contribution in [0.3, 0.4) is 0 Å². The first-order valence-electron chi connectivity index (χ1n) is 6.69. The zero-order chi connectivity index (χ0) is 16.4. The van der Waals surface area contributed by atoms with Gasteiger partial charge < -0.3 is 5.32 Å². The van der Waals surface area contributed by atoms with Gasteiger partial charge in [-0.3, -0.25) is 19.3 Å². The lowest BCUT2D eigenvalue weighted by Crippen LogP contribution is -2.09. The highest BCUT2D eigenvalue weighted by Crippen LogP contribution is 2.22. The van der Waals surface area contributed by atoms with Gasteiger partial charge in [0, 0.05) is 29.8 Å². The number of nitro benzene ring substituents is 1. The molecule has 3 aromatic rings. The van der Waals surface area contributed by atoms with E-state index in [1.165, 1.54) is 29.5 Å². The van der Waals surface area contributed by atoms with E-state index in [4.69, 9.17) is 0 Å². The third-order valence-electron chi connectivity index (χ3n) is 3.27. The first-order valence-corrected chi connectivity index (χ1v) is 7.57. The van der Waals surface area contributed by atoms with Gasteiger partial charge in [0.05, 0.1) is 22.5 Å². The minimum absolute atomic E-state index is 0.0642. The van der Waals surface area contributed by atoms with Crippen molar-refractivity contribution in [3.8, 4) is 0 Å². The largest absolute Gasteiger partial charge is 0.322 e. The van der Waals surface area contributed by atoms with Crippen molar-refractivity contribution in [1.29, 1.82) is 0 Å². The van der Waals surface area contributed by atoms with Crippen LogP contribution in [0.2, 0.25) is 0 Å². The average molecular weight is 328 g/mol. The van der Waals surface area contributed by atoms with Crippen LogP contribution in [0.15, 0.2) is 42.0 Å². The van der Waals surface area contributed by atoms with Gasteiger partial charge in [0.25, 0.3) is 5.69 Å². The van der Waals surface area contributed by atoms with E-state index < -0.39 is 4.92 Å². The van der Waals surface area contributed by atoms with Gasteiger partial charge in [-0.1, -0.05) is 6.07 Å². The van der Waals surface area contributed by atoms with E-state index >= 15 is 0 Å². The summed E-state index contributed by atoms with van der Waals surface area (Å²) < 4.78 is 1.87. The van der Waals surface area contributed by atoms with Gasteiger partial charge in [-0.2, -0.15) is 0 Å². The summed E-state index contributed by atoms with van der Waals surface area (Å²) in [6.45, 7) is 1.77. The average Bonchev–Trinajstić information content (AvgIpc) is 3.11. The van der Waals surface area contributed by atoms with Crippen LogP contribution >= 0.6 is 11.3 Å².